The third-order valence-corrected chi connectivity index (χ3v) is 5.59. The first kappa shape index (κ1) is 19.8. The van der Waals surface area contributed by atoms with Gasteiger partial charge in [-0.15, -0.1) is 6.58 Å². The van der Waals surface area contributed by atoms with Crippen LogP contribution in [0.2, 0.25) is 0 Å². The minimum Gasteiger partial charge on any atom is -0.487 e. The van der Waals surface area contributed by atoms with Gasteiger partial charge in [-0.3, -0.25) is 4.79 Å². The highest BCUT2D eigenvalue weighted by Gasteiger charge is 2.37. The molecular formula is C18H17FN4O4S. The van der Waals surface area contributed by atoms with Gasteiger partial charge < -0.3 is 19.7 Å². The SMILES string of the molecule is C=CC1(CO)COc2c(cn(C)c2C(=O)Nc2ccc(F)c(C#N)c2)S(=O)N1. The molecular weight excluding hydrogens is 387 g/mol. The number of ether oxygens (including phenoxy) is 1. The summed E-state index contributed by atoms with van der Waals surface area (Å²) in [6.45, 7) is 3.14. The average molecular weight is 404 g/mol. The third-order valence-electron chi connectivity index (χ3n) is 4.30. The lowest BCUT2D eigenvalue weighted by Gasteiger charge is -2.25. The van der Waals surface area contributed by atoms with Gasteiger partial charge in [0, 0.05) is 18.9 Å². The fourth-order valence-electron chi connectivity index (χ4n) is 2.70. The summed E-state index contributed by atoms with van der Waals surface area (Å²) in [6.07, 6.45) is 2.88. The highest BCUT2D eigenvalue weighted by atomic mass is 32.2. The maximum Gasteiger partial charge on any atom is 0.276 e. The number of nitrogens with zero attached hydrogens (tertiary/aromatic N) is 2. The van der Waals surface area contributed by atoms with E-state index >= 15 is 0 Å². The zero-order chi connectivity index (χ0) is 20.5. The monoisotopic (exact) mass is 404 g/mol. The van der Waals surface area contributed by atoms with Crippen LogP contribution in [0.4, 0.5) is 10.1 Å². The second-order valence-corrected chi connectivity index (χ2v) is 7.40. The van der Waals surface area contributed by atoms with Crippen LogP contribution in [0.15, 0.2) is 41.9 Å². The van der Waals surface area contributed by atoms with E-state index in [0.717, 1.165) is 6.07 Å². The fourth-order valence-corrected chi connectivity index (χ4v) is 3.97. The molecule has 0 fully saturated rings. The van der Waals surface area contributed by atoms with E-state index < -0.39 is 34.9 Å². The van der Waals surface area contributed by atoms with Gasteiger partial charge in [0.05, 0.1) is 12.2 Å². The Morgan fingerprint density at radius 1 is 1.64 bits per heavy atom. The number of fused-ring (bicyclic) bond motifs is 1. The molecule has 0 radical (unpaired) electrons. The molecule has 2 aromatic rings. The van der Waals surface area contributed by atoms with E-state index in [9.17, 15) is 18.5 Å². The largest absolute Gasteiger partial charge is 0.487 e. The number of aromatic nitrogens is 1. The van der Waals surface area contributed by atoms with E-state index in [1.54, 1.807) is 13.1 Å². The van der Waals surface area contributed by atoms with Gasteiger partial charge in [-0.2, -0.15) is 5.26 Å². The molecule has 10 heteroatoms. The fraction of sp³-hybridized carbons (Fsp3) is 0.222. The van der Waals surface area contributed by atoms with Crippen molar-refractivity contribution in [1.82, 2.24) is 9.29 Å². The first-order valence-electron chi connectivity index (χ1n) is 8.11. The van der Waals surface area contributed by atoms with Gasteiger partial charge in [0.1, 0.15) is 39.9 Å². The lowest BCUT2D eigenvalue weighted by molar-refractivity contribution is 0.101. The van der Waals surface area contributed by atoms with Crippen molar-refractivity contribution < 1.29 is 23.2 Å². The van der Waals surface area contributed by atoms with Crippen molar-refractivity contribution in [2.75, 3.05) is 18.5 Å². The number of anilines is 1. The van der Waals surface area contributed by atoms with Crippen molar-refractivity contribution >= 4 is 22.6 Å². The van der Waals surface area contributed by atoms with Crippen molar-refractivity contribution in [1.29, 1.82) is 5.26 Å². The predicted octanol–water partition coefficient (Wildman–Crippen LogP) is 1.21. The number of nitriles is 1. The van der Waals surface area contributed by atoms with Gasteiger partial charge in [-0.25, -0.2) is 13.3 Å². The summed E-state index contributed by atoms with van der Waals surface area (Å²) in [6, 6.07) is 5.32. The molecule has 1 aliphatic rings. The Kier molecular flexibility index (Phi) is 5.33. The predicted molar refractivity (Wildman–Crippen MR) is 99.5 cm³/mol. The van der Waals surface area contributed by atoms with E-state index in [1.807, 2.05) is 0 Å². The number of aliphatic hydroxyl groups is 1. The molecule has 2 unspecified atom stereocenters. The molecule has 3 N–H and O–H groups in total. The Balaban J connectivity index is 1.95. The molecule has 0 bridgehead atoms. The number of benzene rings is 1. The number of amides is 1. The summed E-state index contributed by atoms with van der Waals surface area (Å²) in [4.78, 5) is 13.0. The molecule has 0 aliphatic carbocycles. The Morgan fingerprint density at radius 2 is 2.39 bits per heavy atom. The van der Waals surface area contributed by atoms with E-state index in [-0.39, 0.29) is 34.2 Å². The van der Waals surface area contributed by atoms with Crippen LogP contribution in [0.3, 0.4) is 0 Å². The molecule has 146 valence electrons. The molecule has 2 heterocycles. The molecule has 0 saturated carbocycles. The van der Waals surface area contributed by atoms with Gasteiger partial charge in [-0.1, -0.05) is 6.08 Å². The lowest BCUT2D eigenvalue weighted by Crippen LogP contribution is -2.50. The molecule has 1 aromatic carbocycles. The second kappa shape index (κ2) is 7.55. The van der Waals surface area contributed by atoms with Crippen LogP contribution in [0.5, 0.6) is 5.75 Å². The number of halogens is 1. The standard InChI is InChI=1S/C18H17FN4O4S/c1-3-18(9-24)10-27-16-14(28(26)22-18)8-23(2)15(16)17(25)21-12-4-5-13(19)11(6-12)7-20/h3-6,8,22,24H,1,9-10H2,2H3,(H,21,25). The molecule has 1 amide bonds. The van der Waals surface area contributed by atoms with Gasteiger partial charge in [0.2, 0.25) is 0 Å². The highest BCUT2D eigenvalue weighted by molar-refractivity contribution is 7.83. The van der Waals surface area contributed by atoms with Crippen LogP contribution in [-0.2, 0) is 18.0 Å². The molecule has 0 spiro atoms. The summed E-state index contributed by atoms with van der Waals surface area (Å²) >= 11 is 0. The zero-order valence-corrected chi connectivity index (χ0v) is 15.7. The third kappa shape index (κ3) is 3.43. The first-order valence-corrected chi connectivity index (χ1v) is 9.26. The highest BCUT2D eigenvalue weighted by Crippen LogP contribution is 2.33. The lowest BCUT2D eigenvalue weighted by atomic mass is 10.0. The molecule has 1 aromatic heterocycles. The number of carbonyl (C=O) groups excluding carboxylic acids is 1. The number of carbonyl (C=O) groups is 1. The van der Waals surface area contributed by atoms with E-state index in [1.165, 1.54) is 29.0 Å². The summed E-state index contributed by atoms with van der Waals surface area (Å²) in [5.41, 5.74) is -1.02. The average Bonchev–Trinajstić information content (AvgIpc) is 2.96. The number of aryl methyl sites for hydroxylation is 1. The Bertz CT molecular complexity index is 1030. The van der Waals surface area contributed by atoms with E-state index in [2.05, 4.69) is 16.6 Å². The number of hydrogen-bond donors (Lipinski definition) is 3. The number of rotatable bonds is 4. The number of nitrogens with one attached hydrogen (secondary N) is 2. The molecule has 1 aliphatic heterocycles. The Hall–Kier alpha value is -3.00. The molecule has 0 saturated heterocycles. The van der Waals surface area contributed by atoms with Crippen LogP contribution in [0.1, 0.15) is 16.1 Å². The molecule has 2 atom stereocenters. The maximum atomic E-state index is 13.5. The number of hydrogen-bond acceptors (Lipinski definition) is 5. The topological polar surface area (TPSA) is 116 Å². The van der Waals surface area contributed by atoms with Crippen molar-refractivity contribution in [3.8, 4) is 11.8 Å². The van der Waals surface area contributed by atoms with Gasteiger partial charge in [0.15, 0.2) is 11.4 Å². The zero-order valence-electron chi connectivity index (χ0n) is 14.9. The summed E-state index contributed by atoms with van der Waals surface area (Å²) in [5, 5.41) is 21.1. The second-order valence-electron chi connectivity index (χ2n) is 6.22. The van der Waals surface area contributed by atoms with Gasteiger partial charge >= 0.3 is 0 Å². The van der Waals surface area contributed by atoms with Crippen LogP contribution >= 0.6 is 0 Å². The summed E-state index contributed by atoms with van der Waals surface area (Å²) in [5.74, 6) is -1.18. The van der Waals surface area contributed by atoms with Crippen LogP contribution in [-0.4, -0.2) is 38.5 Å². The van der Waals surface area contributed by atoms with Crippen molar-refractivity contribution in [2.45, 2.75) is 10.4 Å². The van der Waals surface area contributed by atoms with Crippen LogP contribution in [0.25, 0.3) is 0 Å². The van der Waals surface area contributed by atoms with Gasteiger partial charge in [0.25, 0.3) is 5.91 Å². The number of aliphatic hydroxyl groups excluding tert-OH is 1. The first-order chi connectivity index (χ1) is 13.3. The summed E-state index contributed by atoms with van der Waals surface area (Å²) < 4.78 is 36.0. The molecule has 28 heavy (non-hydrogen) atoms. The summed E-state index contributed by atoms with van der Waals surface area (Å²) in [7, 11) is -0.176. The van der Waals surface area contributed by atoms with Crippen LogP contribution < -0.4 is 14.8 Å². The maximum absolute atomic E-state index is 13.5. The van der Waals surface area contributed by atoms with Crippen molar-refractivity contribution in [3.63, 3.8) is 0 Å². The Morgan fingerprint density at radius 3 is 3.04 bits per heavy atom. The smallest absolute Gasteiger partial charge is 0.276 e. The van der Waals surface area contributed by atoms with E-state index in [0.29, 0.717) is 0 Å². The molecule has 8 nitrogen and oxygen atoms in total. The normalized spacial score (nSPS) is 21.0. The minimum atomic E-state index is -1.76. The molecule has 3 rings (SSSR count). The van der Waals surface area contributed by atoms with E-state index in [4.69, 9.17) is 10.00 Å². The quantitative estimate of drug-likeness (QED) is 0.663. The van der Waals surface area contributed by atoms with Crippen LogP contribution in [0, 0.1) is 17.1 Å². The van der Waals surface area contributed by atoms with Crippen molar-refractivity contribution in [3.05, 3.63) is 54.1 Å². The van der Waals surface area contributed by atoms with Crippen molar-refractivity contribution in [2.24, 2.45) is 7.05 Å². The minimum absolute atomic E-state index is 0.0887. The Labute approximate surface area is 162 Å². The van der Waals surface area contributed by atoms with Gasteiger partial charge in [-0.05, 0) is 18.2 Å².